The zero-order valence-corrected chi connectivity index (χ0v) is 16.1. The van der Waals surface area contributed by atoms with Gasteiger partial charge in [0.15, 0.2) is 0 Å². The monoisotopic (exact) mass is 370 g/mol. The van der Waals surface area contributed by atoms with Gasteiger partial charge in [0, 0.05) is 25.7 Å². The molecule has 138 valence electrons. The summed E-state index contributed by atoms with van der Waals surface area (Å²) in [5.74, 6) is 0. The summed E-state index contributed by atoms with van der Waals surface area (Å²) in [4.78, 5) is 2.89. The van der Waals surface area contributed by atoms with E-state index in [-0.39, 0.29) is 0 Å². The van der Waals surface area contributed by atoms with Crippen molar-refractivity contribution in [3.8, 4) is 0 Å². The summed E-state index contributed by atoms with van der Waals surface area (Å²) in [6.07, 6.45) is 4.30. The molecule has 0 saturated heterocycles. The van der Waals surface area contributed by atoms with Crippen LogP contribution in [0.3, 0.4) is 0 Å². The van der Waals surface area contributed by atoms with E-state index in [4.69, 9.17) is 0 Å². The van der Waals surface area contributed by atoms with Crippen molar-refractivity contribution in [2.24, 2.45) is 0 Å². The lowest BCUT2D eigenvalue weighted by Gasteiger charge is -2.35. The molecule has 0 saturated carbocycles. The van der Waals surface area contributed by atoms with Crippen LogP contribution in [-0.4, -0.2) is 33.0 Å². The second-order valence-electron chi connectivity index (χ2n) is 7.40. The first-order chi connectivity index (χ1) is 12.5. The van der Waals surface area contributed by atoms with Gasteiger partial charge < -0.3 is 0 Å². The van der Waals surface area contributed by atoms with Crippen molar-refractivity contribution in [1.82, 2.24) is 9.62 Å². The highest BCUT2D eigenvalue weighted by Gasteiger charge is 2.32. The number of benzene rings is 2. The number of aryl methyl sites for hydroxylation is 2. The summed E-state index contributed by atoms with van der Waals surface area (Å²) < 4.78 is 27.6. The molecule has 2 aromatic carbocycles. The predicted octanol–water partition coefficient (Wildman–Crippen LogP) is 3.21. The van der Waals surface area contributed by atoms with Gasteiger partial charge in [-0.05, 0) is 67.0 Å². The number of nitrogens with zero attached hydrogens (tertiary/aromatic N) is 1. The Kier molecular flexibility index (Phi) is 4.86. The minimum Gasteiger partial charge on any atom is -0.296 e. The lowest BCUT2D eigenvalue weighted by atomic mass is 9.93. The smallest absolute Gasteiger partial charge is 0.240 e. The van der Waals surface area contributed by atoms with Gasteiger partial charge in [-0.25, -0.2) is 13.1 Å². The quantitative estimate of drug-likeness (QED) is 0.795. The average Bonchev–Trinajstić information content (AvgIpc) is 3.06. The Morgan fingerprint density at radius 3 is 2.69 bits per heavy atom. The van der Waals surface area contributed by atoms with E-state index < -0.39 is 10.0 Å². The largest absolute Gasteiger partial charge is 0.296 e. The SMILES string of the molecule is Cc1cccc(S(=O)(=O)NCCCN2CCc3cccc4c3C2CC4)c1. The number of sulfonamides is 1. The van der Waals surface area contributed by atoms with Crippen LogP contribution in [-0.2, 0) is 22.9 Å². The molecule has 2 aromatic rings. The summed E-state index contributed by atoms with van der Waals surface area (Å²) in [5.41, 5.74) is 5.54. The average molecular weight is 371 g/mol. The molecule has 0 fully saturated rings. The zero-order chi connectivity index (χ0) is 18.1. The Morgan fingerprint density at radius 1 is 1.12 bits per heavy atom. The van der Waals surface area contributed by atoms with Crippen LogP contribution in [0, 0.1) is 6.92 Å². The third-order valence-corrected chi connectivity index (χ3v) is 7.09. The maximum atomic E-state index is 12.4. The van der Waals surface area contributed by atoms with E-state index in [2.05, 4.69) is 27.8 Å². The Hall–Kier alpha value is -1.69. The van der Waals surface area contributed by atoms with E-state index in [1.807, 2.05) is 13.0 Å². The summed E-state index contributed by atoms with van der Waals surface area (Å²) in [7, 11) is -3.41. The number of hydrogen-bond donors (Lipinski definition) is 1. The van der Waals surface area contributed by atoms with E-state index in [0.717, 1.165) is 31.5 Å². The standard InChI is InChI=1S/C21H26N2O2S/c1-16-5-2-8-19(15-16)26(24,25)22-12-4-13-23-14-11-18-7-3-6-17-9-10-20(23)21(17)18/h2-3,5-8,15,20,22H,4,9-14H2,1H3. The fraction of sp³-hybridized carbons (Fsp3) is 0.429. The Morgan fingerprint density at radius 2 is 1.88 bits per heavy atom. The zero-order valence-electron chi connectivity index (χ0n) is 15.2. The maximum Gasteiger partial charge on any atom is 0.240 e. The molecule has 26 heavy (non-hydrogen) atoms. The third kappa shape index (κ3) is 3.43. The summed E-state index contributed by atoms with van der Waals surface area (Å²) in [6, 6.07) is 14.3. The minimum absolute atomic E-state index is 0.352. The van der Waals surface area contributed by atoms with Crippen LogP contribution in [0.4, 0.5) is 0 Å². The lowest BCUT2D eigenvalue weighted by Crippen LogP contribution is -2.36. The van der Waals surface area contributed by atoms with E-state index in [9.17, 15) is 8.42 Å². The van der Waals surface area contributed by atoms with Crippen LogP contribution >= 0.6 is 0 Å². The van der Waals surface area contributed by atoms with Crippen LogP contribution in [0.5, 0.6) is 0 Å². The van der Waals surface area contributed by atoms with Crippen molar-refractivity contribution in [1.29, 1.82) is 0 Å². The molecule has 4 rings (SSSR count). The number of hydrogen-bond acceptors (Lipinski definition) is 3. The normalized spacial score (nSPS) is 19.5. The Balaban J connectivity index is 1.34. The second-order valence-corrected chi connectivity index (χ2v) is 9.17. The fourth-order valence-electron chi connectivity index (χ4n) is 4.37. The van der Waals surface area contributed by atoms with Crippen LogP contribution in [0.2, 0.25) is 0 Å². The molecule has 1 atom stereocenters. The molecule has 1 aliphatic heterocycles. The third-order valence-electron chi connectivity index (χ3n) is 5.63. The molecule has 0 bridgehead atoms. The molecule has 0 aromatic heterocycles. The molecule has 5 heteroatoms. The lowest BCUT2D eigenvalue weighted by molar-refractivity contribution is 0.184. The van der Waals surface area contributed by atoms with Gasteiger partial charge in [-0.2, -0.15) is 0 Å². The van der Waals surface area contributed by atoms with E-state index in [1.54, 1.807) is 23.8 Å². The fourth-order valence-corrected chi connectivity index (χ4v) is 5.55. The Bertz CT molecular complexity index is 908. The van der Waals surface area contributed by atoms with Crippen molar-refractivity contribution in [2.75, 3.05) is 19.6 Å². The summed E-state index contributed by atoms with van der Waals surface area (Å²) in [5, 5.41) is 0. The van der Waals surface area contributed by atoms with E-state index in [1.165, 1.54) is 24.0 Å². The first-order valence-electron chi connectivity index (χ1n) is 9.46. The number of nitrogens with one attached hydrogen (secondary N) is 1. The highest BCUT2D eigenvalue weighted by atomic mass is 32.2. The molecular formula is C21H26N2O2S. The topological polar surface area (TPSA) is 49.4 Å². The van der Waals surface area contributed by atoms with Crippen molar-refractivity contribution < 1.29 is 8.42 Å². The van der Waals surface area contributed by atoms with E-state index in [0.29, 0.717) is 17.5 Å². The predicted molar refractivity (Wildman–Crippen MR) is 104 cm³/mol. The van der Waals surface area contributed by atoms with Crippen LogP contribution in [0.25, 0.3) is 0 Å². The summed E-state index contributed by atoms with van der Waals surface area (Å²) in [6.45, 7) is 4.40. The Labute approximate surface area is 156 Å². The molecule has 0 spiro atoms. The van der Waals surface area contributed by atoms with Gasteiger partial charge in [-0.15, -0.1) is 0 Å². The molecule has 2 aliphatic rings. The molecule has 1 heterocycles. The van der Waals surface area contributed by atoms with E-state index >= 15 is 0 Å². The van der Waals surface area contributed by atoms with Gasteiger partial charge >= 0.3 is 0 Å². The second kappa shape index (κ2) is 7.14. The van der Waals surface area contributed by atoms with Gasteiger partial charge in [0.25, 0.3) is 0 Å². The maximum absolute atomic E-state index is 12.4. The van der Waals surface area contributed by atoms with Crippen LogP contribution in [0.1, 0.15) is 41.1 Å². The van der Waals surface area contributed by atoms with Crippen molar-refractivity contribution >= 4 is 10.0 Å². The van der Waals surface area contributed by atoms with Crippen LogP contribution in [0.15, 0.2) is 47.4 Å². The first-order valence-corrected chi connectivity index (χ1v) is 10.9. The summed E-state index contributed by atoms with van der Waals surface area (Å²) >= 11 is 0. The first kappa shape index (κ1) is 17.7. The van der Waals surface area contributed by atoms with Crippen molar-refractivity contribution in [3.05, 3.63) is 64.7 Å². The van der Waals surface area contributed by atoms with Crippen LogP contribution < -0.4 is 4.72 Å². The van der Waals surface area contributed by atoms with Gasteiger partial charge in [0.1, 0.15) is 0 Å². The van der Waals surface area contributed by atoms with Gasteiger partial charge in [-0.1, -0.05) is 30.3 Å². The molecule has 1 unspecified atom stereocenters. The molecule has 1 aliphatic carbocycles. The van der Waals surface area contributed by atoms with Gasteiger partial charge in [0.05, 0.1) is 4.90 Å². The van der Waals surface area contributed by atoms with Crippen molar-refractivity contribution in [3.63, 3.8) is 0 Å². The van der Waals surface area contributed by atoms with Crippen molar-refractivity contribution in [2.45, 2.75) is 43.5 Å². The number of rotatable bonds is 6. The van der Waals surface area contributed by atoms with Gasteiger partial charge in [0.2, 0.25) is 10.0 Å². The molecule has 1 N–H and O–H groups in total. The molecule has 0 amide bonds. The molecular weight excluding hydrogens is 344 g/mol. The molecule has 4 nitrogen and oxygen atoms in total. The minimum atomic E-state index is -3.41. The highest BCUT2D eigenvalue weighted by molar-refractivity contribution is 7.89. The van der Waals surface area contributed by atoms with Gasteiger partial charge in [-0.3, -0.25) is 4.90 Å². The molecule has 0 radical (unpaired) electrons. The highest BCUT2D eigenvalue weighted by Crippen LogP contribution is 2.41.